The lowest BCUT2D eigenvalue weighted by atomic mass is 9.97. The van der Waals surface area contributed by atoms with Crippen LogP contribution in [-0.4, -0.2) is 30.7 Å². The van der Waals surface area contributed by atoms with Crippen molar-refractivity contribution in [2.24, 2.45) is 5.92 Å². The molecule has 1 amide bonds. The summed E-state index contributed by atoms with van der Waals surface area (Å²) in [5.41, 5.74) is 1.54. The van der Waals surface area contributed by atoms with Crippen molar-refractivity contribution in [3.05, 3.63) is 47.7 Å². The van der Waals surface area contributed by atoms with E-state index < -0.39 is 0 Å². The number of unbranched alkanes of at least 4 members (excludes halogenated alkanes) is 4. The zero-order valence-electron chi connectivity index (χ0n) is 18.6. The standard InChI is InChI=1S/C25H38N2O3/c1-3-5-7-16-26-23-19-21(11-14-24(23)30-18-8-6-4-2)25(29)27-17-15-20-9-12-22(28)13-10-20/h9,11-14,19-20,26,28H,3-8,10,15-18H2,1-2H3,(H,27,29). The van der Waals surface area contributed by atoms with Crippen molar-refractivity contribution < 1.29 is 14.6 Å². The van der Waals surface area contributed by atoms with Crippen LogP contribution >= 0.6 is 0 Å². The van der Waals surface area contributed by atoms with E-state index in [4.69, 9.17) is 4.74 Å². The maximum atomic E-state index is 12.6. The molecular weight excluding hydrogens is 376 g/mol. The molecule has 0 saturated heterocycles. The molecule has 0 bridgehead atoms. The molecule has 1 aliphatic carbocycles. The number of aliphatic hydroxyl groups excluding tert-OH is 1. The normalized spacial score (nSPS) is 15.5. The van der Waals surface area contributed by atoms with Crippen LogP contribution in [-0.2, 0) is 0 Å². The lowest BCUT2D eigenvalue weighted by molar-refractivity contribution is 0.0952. The Bertz CT molecular complexity index is 712. The molecule has 166 valence electrons. The van der Waals surface area contributed by atoms with Crippen LogP contribution in [0.15, 0.2) is 42.2 Å². The highest BCUT2D eigenvalue weighted by molar-refractivity contribution is 5.95. The summed E-state index contributed by atoms with van der Waals surface area (Å²) in [6, 6.07) is 5.64. The molecule has 1 aromatic carbocycles. The number of hydrogen-bond donors (Lipinski definition) is 3. The molecule has 5 heteroatoms. The van der Waals surface area contributed by atoms with Gasteiger partial charge in [0.1, 0.15) is 11.5 Å². The number of hydrogen-bond acceptors (Lipinski definition) is 4. The zero-order chi connectivity index (χ0) is 21.6. The van der Waals surface area contributed by atoms with Crippen molar-refractivity contribution >= 4 is 11.6 Å². The van der Waals surface area contributed by atoms with Gasteiger partial charge >= 0.3 is 0 Å². The molecule has 0 radical (unpaired) electrons. The number of carbonyl (C=O) groups excluding carboxylic acids is 1. The van der Waals surface area contributed by atoms with E-state index in [1.54, 1.807) is 6.08 Å². The van der Waals surface area contributed by atoms with E-state index in [2.05, 4.69) is 24.5 Å². The van der Waals surface area contributed by atoms with Crippen LogP contribution in [0.5, 0.6) is 5.75 Å². The third kappa shape index (κ3) is 8.52. The van der Waals surface area contributed by atoms with E-state index in [-0.39, 0.29) is 5.91 Å². The maximum Gasteiger partial charge on any atom is 0.251 e. The van der Waals surface area contributed by atoms with Gasteiger partial charge < -0.3 is 20.5 Å². The van der Waals surface area contributed by atoms with Crippen LogP contribution in [0.1, 0.15) is 75.6 Å². The lowest BCUT2D eigenvalue weighted by Crippen LogP contribution is -2.26. The largest absolute Gasteiger partial charge is 0.508 e. The molecule has 0 fully saturated rings. The summed E-state index contributed by atoms with van der Waals surface area (Å²) in [5, 5.41) is 15.9. The molecular formula is C25H38N2O3. The number of ether oxygens (including phenoxy) is 1. The van der Waals surface area contributed by atoms with E-state index in [1.165, 1.54) is 19.3 Å². The average Bonchev–Trinajstić information content (AvgIpc) is 2.76. The zero-order valence-corrected chi connectivity index (χ0v) is 18.6. The van der Waals surface area contributed by atoms with Gasteiger partial charge in [0.25, 0.3) is 5.91 Å². The Morgan fingerprint density at radius 2 is 1.93 bits per heavy atom. The van der Waals surface area contributed by atoms with Crippen molar-refractivity contribution in [2.75, 3.05) is 25.0 Å². The Morgan fingerprint density at radius 1 is 1.13 bits per heavy atom. The van der Waals surface area contributed by atoms with Gasteiger partial charge in [0.05, 0.1) is 12.3 Å². The third-order valence-electron chi connectivity index (χ3n) is 5.31. The highest BCUT2D eigenvalue weighted by atomic mass is 16.5. The van der Waals surface area contributed by atoms with Gasteiger partial charge in [-0.15, -0.1) is 0 Å². The molecule has 0 saturated carbocycles. The summed E-state index contributed by atoms with van der Waals surface area (Å²) in [5.74, 6) is 1.43. The van der Waals surface area contributed by atoms with Gasteiger partial charge in [-0.1, -0.05) is 45.6 Å². The molecule has 1 aromatic rings. The van der Waals surface area contributed by atoms with Gasteiger partial charge in [-0.25, -0.2) is 0 Å². The van der Waals surface area contributed by atoms with Crippen LogP contribution in [0.3, 0.4) is 0 Å². The Balaban J connectivity index is 1.91. The molecule has 0 aromatic heterocycles. The van der Waals surface area contributed by atoms with E-state index >= 15 is 0 Å². The van der Waals surface area contributed by atoms with Gasteiger partial charge in [-0.05, 0) is 62.0 Å². The molecule has 1 unspecified atom stereocenters. The van der Waals surface area contributed by atoms with Gasteiger partial charge in [0.2, 0.25) is 0 Å². The molecule has 3 N–H and O–H groups in total. The summed E-state index contributed by atoms with van der Waals surface area (Å²) in [6.07, 6.45) is 14.0. The van der Waals surface area contributed by atoms with E-state index in [9.17, 15) is 9.90 Å². The number of amides is 1. The minimum absolute atomic E-state index is 0.0673. The Labute approximate surface area is 181 Å². The number of allylic oxidation sites excluding steroid dienone is 3. The summed E-state index contributed by atoms with van der Waals surface area (Å²) >= 11 is 0. The van der Waals surface area contributed by atoms with Crippen LogP contribution in [0.2, 0.25) is 0 Å². The molecule has 0 spiro atoms. The second kappa shape index (κ2) is 13.7. The Hall–Kier alpha value is -2.43. The summed E-state index contributed by atoms with van der Waals surface area (Å²) in [4.78, 5) is 12.6. The first-order chi connectivity index (χ1) is 14.6. The predicted octanol–water partition coefficient (Wildman–Crippen LogP) is 6.00. The molecule has 0 aliphatic heterocycles. The number of nitrogens with one attached hydrogen (secondary N) is 2. The van der Waals surface area contributed by atoms with Gasteiger partial charge in [0, 0.05) is 18.7 Å². The second-order valence-corrected chi connectivity index (χ2v) is 7.93. The minimum Gasteiger partial charge on any atom is -0.508 e. The second-order valence-electron chi connectivity index (χ2n) is 7.93. The number of aliphatic hydroxyl groups is 1. The summed E-state index contributed by atoms with van der Waals surface area (Å²) in [7, 11) is 0. The highest BCUT2D eigenvalue weighted by Crippen LogP contribution is 2.26. The van der Waals surface area contributed by atoms with Crippen molar-refractivity contribution in [2.45, 2.75) is 65.2 Å². The van der Waals surface area contributed by atoms with Crippen molar-refractivity contribution in [1.29, 1.82) is 0 Å². The number of benzene rings is 1. The number of rotatable bonds is 14. The quantitative estimate of drug-likeness (QED) is 0.327. The Kier molecular flexibility index (Phi) is 10.9. The monoisotopic (exact) mass is 414 g/mol. The molecule has 1 aliphatic rings. The predicted molar refractivity (Wildman–Crippen MR) is 124 cm³/mol. The summed E-state index contributed by atoms with van der Waals surface area (Å²) < 4.78 is 5.97. The molecule has 1 atom stereocenters. The van der Waals surface area contributed by atoms with Gasteiger partial charge in [0.15, 0.2) is 0 Å². The van der Waals surface area contributed by atoms with E-state index in [0.29, 0.717) is 30.4 Å². The smallest absolute Gasteiger partial charge is 0.251 e. The first kappa shape index (κ1) is 23.8. The topological polar surface area (TPSA) is 70.6 Å². The fourth-order valence-corrected chi connectivity index (χ4v) is 3.41. The fraction of sp³-hybridized carbons (Fsp3) is 0.560. The van der Waals surface area contributed by atoms with Crippen LogP contribution in [0, 0.1) is 5.92 Å². The van der Waals surface area contributed by atoms with Crippen LogP contribution in [0.25, 0.3) is 0 Å². The number of anilines is 1. The first-order valence-electron chi connectivity index (χ1n) is 11.5. The first-order valence-corrected chi connectivity index (χ1v) is 11.5. The van der Waals surface area contributed by atoms with E-state index in [0.717, 1.165) is 50.1 Å². The van der Waals surface area contributed by atoms with Crippen molar-refractivity contribution in [1.82, 2.24) is 5.32 Å². The third-order valence-corrected chi connectivity index (χ3v) is 5.31. The average molecular weight is 415 g/mol. The van der Waals surface area contributed by atoms with Crippen molar-refractivity contribution in [3.8, 4) is 5.75 Å². The van der Waals surface area contributed by atoms with Crippen LogP contribution < -0.4 is 15.4 Å². The SMILES string of the molecule is CCCCCNc1cc(C(=O)NCCC2C=CC(O)=CC2)ccc1OCCCCC. The van der Waals surface area contributed by atoms with Crippen molar-refractivity contribution in [3.63, 3.8) is 0 Å². The van der Waals surface area contributed by atoms with E-state index in [1.807, 2.05) is 30.4 Å². The van der Waals surface area contributed by atoms with Crippen LogP contribution in [0.4, 0.5) is 5.69 Å². The van der Waals surface area contributed by atoms with Gasteiger partial charge in [-0.2, -0.15) is 0 Å². The number of carbonyl (C=O) groups is 1. The highest BCUT2D eigenvalue weighted by Gasteiger charge is 2.12. The molecule has 2 rings (SSSR count). The fourth-order valence-electron chi connectivity index (χ4n) is 3.41. The maximum absolute atomic E-state index is 12.6. The van der Waals surface area contributed by atoms with Gasteiger partial charge in [-0.3, -0.25) is 4.79 Å². The lowest BCUT2D eigenvalue weighted by Gasteiger charge is -2.16. The molecule has 5 nitrogen and oxygen atoms in total. The Morgan fingerprint density at radius 3 is 2.67 bits per heavy atom. The summed E-state index contributed by atoms with van der Waals surface area (Å²) in [6.45, 7) is 6.55. The minimum atomic E-state index is -0.0673. The molecule has 30 heavy (non-hydrogen) atoms. The molecule has 0 heterocycles.